The Bertz CT molecular complexity index is 482. The van der Waals surface area contributed by atoms with E-state index >= 15 is 0 Å². The van der Waals surface area contributed by atoms with Crippen LogP contribution in [0.4, 0.5) is 0 Å². The van der Waals surface area contributed by atoms with Crippen molar-refractivity contribution < 1.29 is 0 Å². The van der Waals surface area contributed by atoms with Crippen molar-refractivity contribution >= 4 is 17.7 Å². The van der Waals surface area contributed by atoms with Gasteiger partial charge in [-0.2, -0.15) is 11.8 Å². The van der Waals surface area contributed by atoms with E-state index in [0.717, 1.165) is 32.0 Å². The first kappa shape index (κ1) is 15.2. The Hall–Kier alpha value is -1.16. The lowest BCUT2D eigenvalue weighted by molar-refractivity contribution is 0.377. The van der Waals surface area contributed by atoms with Gasteiger partial charge in [0.2, 0.25) is 0 Å². The standard InChI is InChI=1S/C16H25N3S/c1-16(2,20-4)12-18-15(17-3)19-10-9-13-7-5-6-8-14(13)11-19/h5-8H,9-12H2,1-4H3,(H,17,18). The molecule has 1 N–H and O–H groups in total. The van der Waals surface area contributed by atoms with Crippen LogP contribution in [0.2, 0.25) is 0 Å². The van der Waals surface area contributed by atoms with Gasteiger partial charge in [0.05, 0.1) is 0 Å². The highest BCUT2D eigenvalue weighted by molar-refractivity contribution is 7.99. The quantitative estimate of drug-likeness (QED) is 0.685. The molecule has 2 rings (SSSR count). The molecule has 0 fully saturated rings. The molecular formula is C16H25N3S. The Labute approximate surface area is 126 Å². The van der Waals surface area contributed by atoms with E-state index in [2.05, 4.69) is 59.6 Å². The normalized spacial score (nSPS) is 16.0. The van der Waals surface area contributed by atoms with Gasteiger partial charge in [0.15, 0.2) is 5.96 Å². The molecule has 3 nitrogen and oxygen atoms in total. The van der Waals surface area contributed by atoms with Gasteiger partial charge in [-0.3, -0.25) is 4.99 Å². The van der Waals surface area contributed by atoms with Gasteiger partial charge in [-0.15, -0.1) is 0 Å². The van der Waals surface area contributed by atoms with Crippen LogP contribution < -0.4 is 5.32 Å². The molecule has 4 heteroatoms. The Kier molecular flexibility index (Phi) is 4.97. The predicted octanol–water partition coefficient (Wildman–Crippen LogP) is 2.76. The molecule has 0 unspecified atom stereocenters. The summed E-state index contributed by atoms with van der Waals surface area (Å²) in [4.78, 5) is 6.79. The lowest BCUT2D eigenvalue weighted by atomic mass is 10.0. The molecule has 110 valence electrons. The number of fused-ring (bicyclic) bond motifs is 1. The second kappa shape index (κ2) is 6.53. The fourth-order valence-electron chi connectivity index (χ4n) is 2.37. The lowest BCUT2D eigenvalue weighted by Gasteiger charge is -2.33. The summed E-state index contributed by atoms with van der Waals surface area (Å²) in [6.07, 6.45) is 3.25. The van der Waals surface area contributed by atoms with E-state index in [1.807, 2.05) is 18.8 Å². The molecule has 1 aliphatic heterocycles. The van der Waals surface area contributed by atoms with Gasteiger partial charge in [-0.1, -0.05) is 24.3 Å². The summed E-state index contributed by atoms with van der Waals surface area (Å²) < 4.78 is 0.226. The minimum absolute atomic E-state index is 0.226. The van der Waals surface area contributed by atoms with Crippen molar-refractivity contribution in [3.05, 3.63) is 35.4 Å². The summed E-state index contributed by atoms with van der Waals surface area (Å²) in [7, 11) is 1.87. The molecule has 0 saturated heterocycles. The zero-order valence-electron chi connectivity index (χ0n) is 12.9. The molecule has 0 radical (unpaired) electrons. The van der Waals surface area contributed by atoms with Crippen LogP contribution in [0.3, 0.4) is 0 Å². The van der Waals surface area contributed by atoms with Crippen LogP contribution in [0.5, 0.6) is 0 Å². The number of hydrogen-bond donors (Lipinski definition) is 1. The summed E-state index contributed by atoms with van der Waals surface area (Å²) >= 11 is 1.88. The maximum absolute atomic E-state index is 4.44. The van der Waals surface area contributed by atoms with E-state index in [0.29, 0.717) is 0 Å². The van der Waals surface area contributed by atoms with Crippen molar-refractivity contribution in [3.8, 4) is 0 Å². The lowest BCUT2D eigenvalue weighted by Crippen LogP contribution is -2.47. The average Bonchev–Trinajstić information content (AvgIpc) is 2.47. The number of nitrogens with one attached hydrogen (secondary N) is 1. The minimum atomic E-state index is 0.226. The third-order valence-corrected chi connectivity index (χ3v) is 5.12. The maximum Gasteiger partial charge on any atom is 0.194 e. The number of thioether (sulfide) groups is 1. The molecule has 1 heterocycles. The van der Waals surface area contributed by atoms with E-state index in [9.17, 15) is 0 Å². The average molecular weight is 291 g/mol. The molecule has 1 aromatic carbocycles. The minimum Gasteiger partial charge on any atom is -0.355 e. The van der Waals surface area contributed by atoms with E-state index in [4.69, 9.17) is 0 Å². The zero-order valence-corrected chi connectivity index (χ0v) is 13.8. The van der Waals surface area contributed by atoms with Crippen molar-refractivity contribution in [3.63, 3.8) is 0 Å². The summed E-state index contributed by atoms with van der Waals surface area (Å²) in [5, 5.41) is 3.52. The first-order valence-corrected chi connectivity index (χ1v) is 8.36. The molecular weight excluding hydrogens is 266 g/mol. The third-order valence-electron chi connectivity index (χ3n) is 3.87. The van der Waals surface area contributed by atoms with E-state index in [1.54, 1.807) is 0 Å². The molecule has 20 heavy (non-hydrogen) atoms. The van der Waals surface area contributed by atoms with Gasteiger partial charge in [-0.25, -0.2) is 0 Å². The van der Waals surface area contributed by atoms with Gasteiger partial charge in [-0.05, 0) is 37.7 Å². The Balaban J connectivity index is 2.00. The second-order valence-corrected chi connectivity index (χ2v) is 7.32. The maximum atomic E-state index is 4.44. The molecule has 0 aliphatic carbocycles. The van der Waals surface area contributed by atoms with Gasteiger partial charge in [0, 0.05) is 31.4 Å². The van der Waals surface area contributed by atoms with Crippen LogP contribution in [0.15, 0.2) is 29.3 Å². The van der Waals surface area contributed by atoms with Crippen molar-refractivity contribution in [2.24, 2.45) is 4.99 Å². The fraction of sp³-hybridized carbons (Fsp3) is 0.562. The van der Waals surface area contributed by atoms with Crippen LogP contribution in [-0.2, 0) is 13.0 Å². The van der Waals surface area contributed by atoms with E-state index in [-0.39, 0.29) is 4.75 Å². The number of aliphatic imine (C=N–C) groups is 1. The molecule has 0 amide bonds. The summed E-state index contributed by atoms with van der Waals surface area (Å²) in [5.74, 6) is 1.02. The highest BCUT2D eigenvalue weighted by atomic mass is 32.2. The molecule has 0 bridgehead atoms. The number of nitrogens with zero attached hydrogens (tertiary/aromatic N) is 2. The fourth-order valence-corrected chi connectivity index (χ4v) is 2.59. The smallest absolute Gasteiger partial charge is 0.194 e. The molecule has 1 aromatic rings. The largest absolute Gasteiger partial charge is 0.355 e. The molecule has 1 aliphatic rings. The van der Waals surface area contributed by atoms with Crippen molar-refractivity contribution in [1.29, 1.82) is 0 Å². The third kappa shape index (κ3) is 3.69. The van der Waals surface area contributed by atoms with Crippen LogP contribution in [-0.4, -0.2) is 42.0 Å². The number of benzene rings is 1. The number of guanidine groups is 1. The van der Waals surface area contributed by atoms with E-state index in [1.165, 1.54) is 11.1 Å². The van der Waals surface area contributed by atoms with Crippen LogP contribution in [0, 0.1) is 0 Å². The summed E-state index contributed by atoms with van der Waals surface area (Å²) in [5.41, 5.74) is 2.90. The van der Waals surface area contributed by atoms with E-state index < -0.39 is 0 Å². The number of rotatable bonds is 3. The van der Waals surface area contributed by atoms with Crippen LogP contribution in [0.25, 0.3) is 0 Å². The van der Waals surface area contributed by atoms with Gasteiger partial charge < -0.3 is 10.2 Å². The van der Waals surface area contributed by atoms with Gasteiger partial charge in [0.25, 0.3) is 0 Å². The topological polar surface area (TPSA) is 27.6 Å². The summed E-state index contributed by atoms with van der Waals surface area (Å²) in [6.45, 7) is 7.43. The Morgan fingerprint density at radius 1 is 1.35 bits per heavy atom. The Morgan fingerprint density at radius 3 is 2.70 bits per heavy atom. The molecule has 0 aromatic heterocycles. The van der Waals surface area contributed by atoms with Crippen molar-refractivity contribution in [1.82, 2.24) is 10.2 Å². The molecule has 0 spiro atoms. The first-order valence-electron chi connectivity index (χ1n) is 7.13. The highest BCUT2D eigenvalue weighted by Crippen LogP contribution is 2.21. The SMILES string of the molecule is CN=C(NCC(C)(C)SC)N1CCc2ccccc2C1. The molecule has 0 atom stereocenters. The van der Waals surface area contributed by atoms with Crippen molar-refractivity contribution in [2.45, 2.75) is 31.6 Å². The predicted molar refractivity (Wildman–Crippen MR) is 89.5 cm³/mol. The zero-order chi connectivity index (χ0) is 14.6. The van der Waals surface area contributed by atoms with Gasteiger partial charge in [0.1, 0.15) is 0 Å². The van der Waals surface area contributed by atoms with Crippen LogP contribution in [0.1, 0.15) is 25.0 Å². The monoisotopic (exact) mass is 291 g/mol. The Morgan fingerprint density at radius 2 is 2.05 bits per heavy atom. The second-order valence-electron chi connectivity index (χ2n) is 5.80. The number of hydrogen-bond acceptors (Lipinski definition) is 2. The van der Waals surface area contributed by atoms with Crippen molar-refractivity contribution in [2.75, 3.05) is 26.4 Å². The highest BCUT2D eigenvalue weighted by Gasteiger charge is 2.21. The molecule has 0 saturated carbocycles. The van der Waals surface area contributed by atoms with Crippen LogP contribution >= 0.6 is 11.8 Å². The summed E-state index contributed by atoms with van der Waals surface area (Å²) in [6, 6.07) is 8.71. The van der Waals surface area contributed by atoms with Gasteiger partial charge >= 0.3 is 0 Å². The first-order chi connectivity index (χ1) is 9.55.